The number of hydrogen-bond donors (Lipinski definition) is 1. The summed E-state index contributed by atoms with van der Waals surface area (Å²) >= 11 is 0. The highest BCUT2D eigenvalue weighted by Crippen LogP contribution is 2.18. The predicted molar refractivity (Wildman–Crippen MR) is 89.6 cm³/mol. The second-order valence-corrected chi connectivity index (χ2v) is 5.50. The minimum atomic E-state index is 0.297. The fourth-order valence-corrected chi connectivity index (χ4v) is 2.42. The normalized spacial score (nSPS) is 12.2. The standard InChI is InChI=1S/C18H25N3/c1-5-19-15(3)18-11-10-17(12-20-18)21(4)13-16-9-7-6-8-14(16)2/h6-12,15,19H,5,13H2,1-4H3. The minimum Gasteiger partial charge on any atom is -0.369 e. The fourth-order valence-electron chi connectivity index (χ4n) is 2.42. The summed E-state index contributed by atoms with van der Waals surface area (Å²) in [5, 5.41) is 3.38. The summed E-state index contributed by atoms with van der Waals surface area (Å²) in [6, 6.07) is 13.1. The van der Waals surface area contributed by atoms with Crippen molar-refractivity contribution in [3.8, 4) is 0 Å². The molecular formula is C18H25N3. The molecule has 2 aromatic rings. The average Bonchev–Trinajstić information content (AvgIpc) is 2.50. The van der Waals surface area contributed by atoms with E-state index in [9.17, 15) is 0 Å². The number of benzene rings is 1. The smallest absolute Gasteiger partial charge is 0.0572 e. The third-order valence-corrected chi connectivity index (χ3v) is 3.83. The van der Waals surface area contributed by atoms with Crippen LogP contribution in [-0.2, 0) is 6.54 Å². The second kappa shape index (κ2) is 7.23. The maximum Gasteiger partial charge on any atom is 0.0572 e. The molecule has 0 bridgehead atoms. The average molecular weight is 283 g/mol. The molecule has 1 aromatic heterocycles. The highest BCUT2D eigenvalue weighted by Gasteiger charge is 2.08. The van der Waals surface area contributed by atoms with Crippen molar-refractivity contribution in [2.24, 2.45) is 0 Å². The van der Waals surface area contributed by atoms with Crippen molar-refractivity contribution in [3.05, 3.63) is 59.4 Å². The van der Waals surface area contributed by atoms with Crippen LogP contribution >= 0.6 is 0 Å². The molecule has 0 aliphatic rings. The first-order chi connectivity index (χ1) is 10.1. The summed E-state index contributed by atoms with van der Waals surface area (Å²) in [5.41, 5.74) is 4.91. The SMILES string of the molecule is CCNC(C)c1ccc(N(C)Cc2ccccc2C)cn1. The van der Waals surface area contributed by atoms with Gasteiger partial charge in [-0.05, 0) is 43.7 Å². The van der Waals surface area contributed by atoms with E-state index in [1.807, 2.05) is 6.20 Å². The zero-order valence-electron chi connectivity index (χ0n) is 13.4. The quantitative estimate of drug-likeness (QED) is 0.876. The number of aromatic nitrogens is 1. The molecule has 2 rings (SSSR count). The molecule has 0 saturated carbocycles. The molecule has 3 heteroatoms. The van der Waals surface area contributed by atoms with E-state index in [1.165, 1.54) is 11.1 Å². The number of anilines is 1. The van der Waals surface area contributed by atoms with E-state index in [-0.39, 0.29) is 0 Å². The van der Waals surface area contributed by atoms with Crippen LogP contribution in [0.3, 0.4) is 0 Å². The Morgan fingerprint density at radius 1 is 1.19 bits per heavy atom. The van der Waals surface area contributed by atoms with E-state index < -0.39 is 0 Å². The van der Waals surface area contributed by atoms with Crippen LogP contribution in [-0.4, -0.2) is 18.6 Å². The van der Waals surface area contributed by atoms with Crippen LogP contribution in [0, 0.1) is 6.92 Å². The first kappa shape index (κ1) is 15.5. The highest BCUT2D eigenvalue weighted by atomic mass is 15.1. The lowest BCUT2D eigenvalue weighted by Gasteiger charge is -2.21. The lowest BCUT2D eigenvalue weighted by Crippen LogP contribution is -2.20. The second-order valence-electron chi connectivity index (χ2n) is 5.50. The lowest BCUT2D eigenvalue weighted by atomic mass is 10.1. The van der Waals surface area contributed by atoms with Crippen molar-refractivity contribution in [2.45, 2.75) is 33.4 Å². The highest BCUT2D eigenvalue weighted by molar-refractivity contribution is 5.45. The van der Waals surface area contributed by atoms with Gasteiger partial charge >= 0.3 is 0 Å². The lowest BCUT2D eigenvalue weighted by molar-refractivity contribution is 0.583. The van der Waals surface area contributed by atoms with Crippen molar-refractivity contribution in [1.82, 2.24) is 10.3 Å². The molecule has 1 aromatic carbocycles. The van der Waals surface area contributed by atoms with Gasteiger partial charge in [-0.3, -0.25) is 4.98 Å². The fraction of sp³-hybridized carbons (Fsp3) is 0.389. The number of aryl methyl sites for hydroxylation is 1. The third kappa shape index (κ3) is 4.05. The first-order valence-electron chi connectivity index (χ1n) is 7.56. The number of nitrogens with one attached hydrogen (secondary N) is 1. The monoisotopic (exact) mass is 283 g/mol. The largest absolute Gasteiger partial charge is 0.369 e. The molecule has 21 heavy (non-hydrogen) atoms. The van der Waals surface area contributed by atoms with E-state index >= 15 is 0 Å². The number of pyridine rings is 1. The molecule has 0 aliphatic heterocycles. The van der Waals surface area contributed by atoms with Gasteiger partial charge in [0.25, 0.3) is 0 Å². The van der Waals surface area contributed by atoms with Crippen molar-refractivity contribution in [3.63, 3.8) is 0 Å². The van der Waals surface area contributed by atoms with Gasteiger partial charge in [-0.15, -0.1) is 0 Å². The molecule has 0 amide bonds. The van der Waals surface area contributed by atoms with Crippen LogP contribution in [0.5, 0.6) is 0 Å². The zero-order chi connectivity index (χ0) is 15.2. The summed E-state index contributed by atoms with van der Waals surface area (Å²) in [7, 11) is 2.11. The van der Waals surface area contributed by atoms with Gasteiger partial charge in [0.2, 0.25) is 0 Å². The van der Waals surface area contributed by atoms with E-state index in [1.54, 1.807) is 0 Å². The predicted octanol–water partition coefficient (Wildman–Crippen LogP) is 3.70. The molecule has 0 aliphatic carbocycles. The van der Waals surface area contributed by atoms with Gasteiger partial charge in [0.1, 0.15) is 0 Å². The van der Waals surface area contributed by atoms with E-state index in [0.717, 1.165) is 24.5 Å². The third-order valence-electron chi connectivity index (χ3n) is 3.83. The van der Waals surface area contributed by atoms with Crippen LogP contribution in [0.15, 0.2) is 42.6 Å². The minimum absolute atomic E-state index is 0.297. The van der Waals surface area contributed by atoms with Gasteiger partial charge in [0, 0.05) is 19.6 Å². The Labute approximate surface area is 128 Å². The molecule has 0 fully saturated rings. The summed E-state index contributed by atoms with van der Waals surface area (Å²) in [6.45, 7) is 8.26. The molecule has 1 heterocycles. The van der Waals surface area contributed by atoms with Crippen LogP contribution in [0.2, 0.25) is 0 Å². The molecule has 1 unspecified atom stereocenters. The molecule has 1 N–H and O–H groups in total. The van der Waals surface area contributed by atoms with Crippen molar-refractivity contribution in [2.75, 3.05) is 18.5 Å². The summed E-state index contributed by atoms with van der Waals surface area (Å²) < 4.78 is 0. The van der Waals surface area contributed by atoms with E-state index in [0.29, 0.717) is 6.04 Å². The Morgan fingerprint density at radius 3 is 2.57 bits per heavy atom. The maximum atomic E-state index is 4.58. The summed E-state index contributed by atoms with van der Waals surface area (Å²) in [6.07, 6.45) is 1.96. The zero-order valence-corrected chi connectivity index (χ0v) is 13.4. The number of rotatable bonds is 6. The molecule has 3 nitrogen and oxygen atoms in total. The molecule has 0 radical (unpaired) electrons. The summed E-state index contributed by atoms with van der Waals surface area (Å²) in [4.78, 5) is 6.81. The van der Waals surface area contributed by atoms with Gasteiger partial charge < -0.3 is 10.2 Å². The first-order valence-corrected chi connectivity index (χ1v) is 7.56. The van der Waals surface area contributed by atoms with Gasteiger partial charge in [-0.1, -0.05) is 31.2 Å². The molecule has 1 atom stereocenters. The van der Waals surface area contributed by atoms with Crippen molar-refractivity contribution in [1.29, 1.82) is 0 Å². The van der Waals surface area contributed by atoms with Crippen LogP contribution < -0.4 is 10.2 Å². The maximum absolute atomic E-state index is 4.58. The van der Waals surface area contributed by atoms with Crippen molar-refractivity contribution < 1.29 is 0 Å². The Hall–Kier alpha value is -1.87. The van der Waals surface area contributed by atoms with Crippen molar-refractivity contribution >= 4 is 5.69 Å². The number of nitrogens with zero attached hydrogens (tertiary/aromatic N) is 2. The molecular weight excluding hydrogens is 258 g/mol. The number of hydrogen-bond acceptors (Lipinski definition) is 3. The Bertz CT molecular complexity index is 563. The Morgan fingerprint density at radius 2 is 1.95 bits per heavy atom. The van der Waals surface area contributed by atoms with Gasteiger partial charge in [-0.25, -0.2) is 0 Å². The van der Waals surface area contributed by atoms with E-state index in [2.05, 4.69) is 79.4 Å². The van der Waals surface area contributed by atoms with Gasteiger partial charge in [-0.2, -0.15) is 0 Å². The van der Waals surface area contributed by atoms with Crippen LogP contribution in [0.4, 0.5) is 5.69 Å². The van der Waals surface area contributed by atoms with E-state index in [4.69, 9.17) is 0 Å². The molecule has 112 valence electrons. The topological polar surface area (TPSA) is 28.2 Å². The Kier molecular flexibility index (Phi) is 5.34. The molecule has 0 spiro atoms. The Balaban J connectivity index is 2.06. The summed E-state index contributed by atoms with van der Waals surface area (Å²) in [5.74, 6) is 0. The van der Waals surface area contributed by atoms with Gasteiger partial charge in [0.15, 0.2) is 0 Å². The van der Waals surface area contributed by atoms with Crippen LogP contribution in [0.1, 0.15) is 36.7 Å². The van der Waals surface area contributed by atoms with Crippen LogP contribution in [0.25, 0.3) is 0 Å². The van der Waals surface area contributed by atoms with Gasteiger partial charge in [0.05, 0.1) is 17.6 Å². The molecule has 0 saturated heterocycles.